The van der Waals surface area contributed by atoms with Gasteiger partial charge in [0.05, 0.1) is 23.7 Å². The second kappa shape index (κ2) is 4.69. The number of nitriles is 1. The quantitative estimate of drug-likeness (QED) is 0.781. The van der Waals surface area contributed by atoms with Crippen molar-refractivity contribution in [3.05, 3.63) is 17.5 Å². The lowest BCUT2D eigenvalue weighted by Gasteiger charge is -2.16. The van der Waals surface area contributed by atoms with Crippen LogP contribution < -0.4 is 0 Å². The molecule has 0 aromatic carbocycles. The van der Waals surface area contributed by atoms with Gasteiger partial charge in [0.2, 0.25) is 0 Å². The molecule has 2 rings (SSSR count). The van der Waals surface area contributed by atoms with E-state index in [9.17, 15) is 0 Å². The molecule has 0 bridgehead atoms. The minimum atomic E-state index is 0.162. The zero-order valence-corrected chi connectivity index (χ0v) is 10.1. The molecular weight excluding hydrogens is 198 g/mol. The molecule has 1 aliphatic carbocycles. The van der Waals surface area contributed by atoms with Gasteiger partial charge in [0.25, 0.3) is 0 Å². The first-order valence-electron chi connectivity index (χ1n) is 6.27. The van der Waals surface area contributed by atoms with Crippen LogP contribution in [-0.4, -0.2) is 9.78 Å². The molecular formula is C13H19N3. The van der Waals surface area contributed by atoms with E-state index in [-0.39, 0.29) is 5.92 Å². The van der Waals surface area contributed by atoms with E-state index in [0.29, 0.717) is 6.04 Å². The highest BCUT2D eigenvalue weighted by Gasteiger charge is 2.30. The Kier molecular flexibility index (Phi) is 3.28. The number of rotatable bonds is 3. The molecule has 3 nitrogen and oxygen atoms in total. The summed E-state index contributed by atoms with van der Waals surface area (Å²) in [6.07, 6.45) is 5.28. The lowest BCUT2D eigenvalue weighted by molar-refractivity contribution is 0.395. The molecule has 86 valence electrons. The largest absolute Gasteiger partial charge is 0.265 e. The monoisotopic (exact) mass is 217 g/mol. The van der Waals surface area contributed by atoms with Crippen molar-refractivity contribution < 1.29 is 0 Å². The molecule has 1 fully saturated rings. The average Bonchev–Trinajstić information content (AvgIpc) is 2.93. The fourth-order valence-corrected chi connectivity index (χ4v) is 2.60. The van der Waals surface area contributed by atoms with Crippen LogP contribution in [0.1, 0.15) is 50.5 Å². The van der Waals surface area contributed by atoms with Crippen molar-refractivity contribution in [1.29, 1.82) is 5.26 Å². The van der Waals surface area contributed by atoms with Crippen molar-refractivity contribution >= 4 is 0 Å². The number of aryl methyl sites for hydroxylation is 2. The van der Waals surface area contributed by atoms with Gasteiger partial charge in [0, 0.05) is 5.69 Å². The van der Waals surface area contributed by atoms with Gasteiger partial charge in [0.1, 0.15) is 0 Å². The third-order valence-corrected chi connectivity index (χ3v) is 3.55. The van der Waals surface area contributed by atoms with E-state index in [1.54, 1.807) is 0 Å². The molecule has 0 saturated heterocycles. The predicted molar refractivity (Wildman–Crippen MR) is 63.0 cm³/mol. The maximum absolute atomic E-state index is 9.13. The Hall–Kier alpha value is -1.30. The second-order valence-corrected chi connectivity index (χ2v) is 4.51. The summed E-state index contributed by atoms with van der Waals surface area (Å²) in [6.45, 7) is 4.28. The number of nitrogens with zero attached hydrogens (tertiary/aromatic N) is 3. The number of hydrogen-bond acceptors (Lipinski definition) is 2. The first-order valence-corrected chi connectivity index (χ1v) is 6.27. The molecule has 2 atom stereocenters. The lowest BCUT2D eigenvalue weighted by Crippen LogP contribution is -2.16. The van der Waals surface area contributed by atoms with E-state index in [4.69, 9.17) is 5.26 Å². The Bertz CT molecular complexity index is 400. The summed E-state index contributed by atoms with van der Waals surface area (Å²) in [6, 6.07) is 4.94. The first-order chi connectivity index (χ1) is 7.80. The summed E-state index contributed by atoms with van der Waals surface area (Å²) in [7, 11) is 0. The molecule has 1 aromatic heterocycles. The van der Waals surface area contributed by atoms with Gasteiger partial charge in [0.15, 0.2) is 0 Å². The summed E-state index contributed by atoms with van der Waals surface area (Å²) in [5, 5.41) is 13.8. The number of aromatic nitrogens is 2. The molecule has 16 heavy (non-hydrogen) atoms. The Morgan fingerprint density at radius 2 is 2.25 bits per heavy atom. The Morgan fingerprint density at radius 1 is 1.44 bits per heavy atom. The van der Waals surface area contributed by atoms with Gasteiger partial charge >= 0.3 is 0 Å². The fourth-order valence-electron chi connectivity index (χ4n) is 2.60. The third-order valence-electron chi connectivity index (χ3n) is 3.55. The summed E-state index contributed by atoms with van der Waals surface area (Å²) < 4.78 is 2.12. The van der Waals surface area contributed by atoms with Crippen molar-refractivity contribution in [2.24, 2.45) is 5.92 Å². The molecule has 0 spiro atoms. The Morgan fingerprint density at radius 3 is 2.88 bits per heavy atom. The molecule has 1 aliphatic rings. The van der Waals surface area contributed by atoms with Gasteiger partial charge in [-0.3, -0.25) is 4.68 Å². The fraction of sp³-hybridized carbons (Fsp3) is 0.692. The summed E-state index contributed by atoms with van der Waals surface area (Å²) in [4.78, 5) is 0. The van der Waals surface area contributed by atoms with Crippen LogP contribution in [0, 0.1) is 17.2 Å². The topological polar surface area (TPSA) is 41.6 Å². The molecule has 0 aliphatic heterocycles. The highest BCUT2D eigenvalue weighted by atomic mass is 15.3. The minimum absolute atomic E-state index is 0.162. The van der Waals surface area contributed by atoms with Gasteiger partial charge in [-0.1, -0.05) is 13.8 Å². The highest BCUT2D eigenvalue weighted by molar-refractivity contribution is 5.13. The van der Waals surface area contributed by atoms with Crippen molar-refractivity contribution in [3.8, 4) is 6.07 Å². The molecule has 1 aromatic rings. The zero-order chi connectivity index (χ0) is 11.5. The van der Waals surface area contributed by atoms with Crippen molar-refractivity contribution in [1.82, 2.24) is 9.78 Å². The second-order valence-electron chi connectivity index (χ2n) is 4.51. The number of hydrogen-bond donors (Lipinski definition) is 0. The van der Waals surface area contributed by atoms with Crippen LogP contribution in [0.2, 0.25) is 0 Å². The van der Waals surface area contributed by atoms with Crippen LogP contribution in [0.5, 0.6) is 0 Å². The molecule has 3 heteroatoms. The van der Waals surface area contributed by atoms with Gasteiger partial charge in [-0.05, 0) is 38.2 Å². The van der Waals surface area contributed by atoms with Gasteiger partial charge in [-0.25, -0.2) is 0 Å². The van der Waals surface area contributed by atoms with Crippen LogP contribution in [0.15, 0.2) is 6.07 Å². The Labute approximate surface area is 97.1 Å². The van der Waals surface area contributed by atoms with Crippen molar-refractivity contribution in [3.63, 3.8) is 0 Å². The normalized spacial score (nSPS) is 24.6. The van der Waals surface area contributed by atoms with E-state index in [2.05, 4.69) is 35.8 Å². The summed E-state index contributed by atoms with van der Waals surface area (Å²) >= 11 is 0. The van der Waals surface area contributed by atoms with Crippen molar-refractivity contribution in [2.45, 2.75) is 52.0 Å². The van der Waals surface area contributed by atoms with Crippen LogP contribution in [0.3, 0.4) is 0 Å². The zero-order valence-electron chi connectivity index (χ0n) is 10.1. The minimum Gasteiger partial charge on any atom is -0.265 e. The molecule has 0 radical (unpaired) electrons. The summed E-state index contributed by atoms with van der Waals surface area (Å²) in [5.41, 5.74) is 2.43. The maximum atomic E-state index is 9.13. The van der Waals surface area contributed by atoms with Gasteiger partial charge in [-0.15, -0.1) is 0 Å². The van der Waals surface area contributed by atoms with Crippen molar-refractivity contribution in [2.75, 3.05) is 0 Å². The predicted octanol–water partition coefficient (Wildman–Crippen LogP) is 2.87. The van der Waals surface area contributed by atoms with Gasteiger partial charge in [-0.2, -0.15) is 10.4 Å². The summed E-state index contributed by atoms with van der Waals surface area (Å²) in [5.74, 6) is 0.162. The highest BCUT2D eigenvalue weighted by Crippen LogP contribution is 2.35. The Balaban J connectivity index is 2.31. The van der Waals surface area contributed by atoms with Crippen LogP contribution >= 0.6 is 0 Å². The van der Waals surface area contributed by atoms with E-state index < -0.39 is 0 Å². The maximum Gasteiger partial charge on any atom is 0.0688 e. The molecule has 2 unspecified atom stereocenters. The molecule has 0 amide bonds. The SMILES string of the molecule is CCc1cc(CC)n(C2CCCC2C#N)n1. The third kappa shape index (κ3) is 1.84. The lowest BCUT2D eigenvalue weighted by atomic mass is 10.1. The van der Waals surface area contributed by atoms with E-state index in [1.807, 2.05) is 0 Å². The molecule has 1 saturated carbocycles. The van der Waals surface area contributed by atoms with E-state index in [1.165, 1.54) is 5.69 Å². The standard InChI is InChI=1S/C13H19N3/c1-3-11-8-12(4-2)16(15-11)13-7-5-6-10(13)9-14/h8,10,13H,3-7H2,1-2H3. The smallest absolute Gasteiger partial charge is 0.0688 e. The van der Waals surface area contributed by atoms with Gasteiger partial charge < -0.3 is 0 Å². The average molecular weight is 217 g/mol. The molecule has 0 N–H and O–H groups in total. The molecule has 1 heterocycles. The van der Waals surface area contributed by atoms with Crippen LogP contribution in [0.4, 0.5) is 0 Å². The first kappa shape index (κ1) is 11.2. The van der Waals surface area contributed by atoms with E-state index >= 15 is 0 Å². The van der Waals surface area contributed by atoms with Crippen LogP contribution in [0.25, 0.3) is 0 Å². The van der Waals surface area contributed by atoms with E-state index in [0.717, 1.165) is 37.8 Å². The van der Waals surface area contributed by atoms with Crippen LogP contribution in [-0.2, 0) is 12.8 Å².